The van der Waals surface area contributed by atoms with Gasteiger partial charge in [0.2, 0.25) is 0 Å². The van der Waals surface area contributed by atoms with E-state index in [1.54, 1.807) is 0 Å². The lowest BCUT2D eigenvalue weighted by Gasteiger charge is -2.07. The Labute approximate surface area is 73.4 Å². The first kappa shape index (κ1) is 8.36. The highest BCUT2D eigenvalue weighted by atomic mass is 35.5. The second-order valence-electron chi connectivity index (χ2n) is 1.93. The summed E-state index contributed by atoms with van der Waals surface area (Å²) in [7, 11) is 0. The quantitative estimate of drug-likeness (QED) is 0.495. The summed E-state index contributed by atoms with van der Waals surface area (Å²) in [6, 6.07) is 0. The highest BCUT2D eigenvalue weighted by Gasteiger charge is 2.16. The average molecular weight is 190 g/mol. The van der Waals surface area contributed by atoms with Crippen molar-refractivity contribution in [3.63, 3.8) is 0 Å². The fraction of sp³-hybridized carbons (Fsp3) is 0.167. The highest BCUT2D eigenvalue weighted by molar-refractivity contribution is 7.80. The molecule has 0 saturated carbocycles. The first-order chi connectivity index (χ1) is 5.11. The SMILES string of the molecule is O=C(O)C1=CC(Cl)C(=S)N=C1. The van der Waals surface area contributed by atoms with Crippen LogP contribution >= 0.6 is 23.8 Å². The summed E-state index contributed by atoms with van der Waals surface area (Å²) >= 11 is 10.3. The predicted octanol–water partition coefficient (Wildman–Crippen LogP) is 1.02. The third-order valence-electron chi connectivity index (χ3n) is 1.14. The topological polar surface area (TPSA) is 49.7 Å². The van der Waals surface area contributed by atoms with Gasteiger partial charge in [0.1, 0.15) is 10.4 Å². The lowest BCUT2D eigenvalue weighted by atomic mass is 10.2. The molecule has 0 bridgehead atoms. The Bertz CT molecular complexity index is 272. The first-order valence-electron chi connectivity index (χ1n) is 2.78. The summed E-state index contributed by atoms with van der Waals surface area (Å²) in [5.41, 5.74) is 0.0820. The molecular formula is C6H4ClNO2S. The van der Waals surface area contributed by atoms with E-state index in [9.17, 15) is 4.79 Å². The number of aliphatic imine (C=N–C) groups is 1. The molecule has 1 aliphatic rings. The number of carboxylic acid groups (broad SMARTS) is 1. The van der Waals surface area contributed by atoms with Crippen LogP contribution in [0.1, 0.15) is 0 Å². The summed E-state index contributed by atoms with van der Waals surface area (Å²) < 4.78 is 0. The van der Waals surface area contributed by atoms with Crippen LogP contribution < -0.4 is 0 Å². The Morgan fingerprint density at radius 2 is 2.45 bits per heavy atom. The van der Waals surface area contributed by atoms with E-state index in [0.29, 0.717) is 4.99 Å². The monoisotopic (exact) mass is 189 g/mol. The van der Waals surface area contributed by atoms with Gasteiger partial charge in [-0.25, -0.2) is 9.79 Å². The molecule has 1 heterocycles. The lowest BCUT2D eigenvalue weighted by Crippen LogP contribution is -2.16. The minimum Gasteiger partial charge on any atom is -0.478 e. The van der Waals surface area contributed by atoms with E-state index in [1.165, 1.54) is 12.3 Å². The van der Waals surface area contributed by atoms with E-state index in [0.717, 1.165) is 0 Å². The second-order valence-corrected chi connectivity index (χ2v) is 2.81. The molecule has 1 rings (SSSR count). The van der Waals surface area contributed by atoms with Crippen LogP contribution in [0.15, 0.2) is 16.6 Å². The van der Waals surface area contributed by atoms with Crippen LogP contribution in [0.4, 0.5) is 0 Å². The molecule has 1 aliphatic heterocycles. The number of dihydropyridines is 1. The van der Waals surface area contributed by atoms with Crippen LogP contribution in [-0.4, -0.2) is 27.7 Å². The largest absolute Gasteiger partial charge is 0.478 e. The van der Waals surface area contributed by atoms with E-state index >= 15 is 0 Å². The molecule has 0 fully saturated rings. The smallest absolute Gasteiger partial charge is 0.336 e. The van der Waals surface area contributed by atoms with Crippen molar-refractivity contribution in [2.45, 2.75) is 5.38 Å². The number of halogens is 1. The number of thiocarbonyl (C=S) groups is 1. The van der Waals surface area contributed by atoms with Gasteiger partial charge in [-0.2, -0.15) is 0 Å². The summed E-state index contributed by atoms with van der Waals surface area (Å²) in [6.45, 7) is 0. The second kappa shape index (κ2) is 3.11. The maximum absolute atomic E-state index is 10.3. The molecule has 58 valence electrons. The molecule has 0 amide bonds. The molecule has 0 aromatic rings. The van der Waals surface area contributed by atoms with E-state index in [4.69, 9.17) is 28.9 Å². The number of nitrogens with zero attached hydrogens (tertiary/aromatic N) is 1. The summed E-state index contributed by atoms with van der Waals surface area (Å²) in [5.74, 6) is -1.04. The normalized spacial score (nSPS) is 23.2. The van der Waals surface area contributed by atoms with Crippen molar-refractivity contribution in [3.05, 3.63) is 11.6 Å². The van der Waals surface area contributed by atoms with Crippen LogP contribution in [0, 0.1) is 0 Å². The Hall–Kier alpha value is -0.740. The number of hydrogen-bond donors (Lipinski definition) is 1. The third-order valence-corrected chi connectivity index (χ3v) is 1.96. The zero-order chi connectivity index (χ0) is 8.43. The van der Waals surface area contributed by atoms with Gasteiger partial charge in [0, 0.05) is 6.21 Å². The average Bonchev–Trinajstić information content (AvgIpc) is 1.94. The standard InChI is InChI=1S/C6H4ClNO2S/c7-4-1-3(6(9)10)2-8-5(4)11/h1-2,4H,(H,9,10). The maximum atomic E-state index is 10.3. The van der Waals surface area contributed by atoms with Crippen LogP contribution in [0.25, 0.3) is 0 Å². The van der Waals surface area contributed by atoms with Crippen molar-refractivity contribution < 1.29 is 9.90 Å². The van der Waals surface area contributed by atoms with Crippen molar-refractivity contribution in [2.75, 3.05) is 0 Å². The van der Waals surface area contributed by atoms with Crippen molar-refractivity contribution in [1.29, 1.82) is 0 Å². The van der Waals surface area contributed by atoms with Crippen LogP contribution in [0.2, 0.25) is 0 Å². The molecule has 0 saturated heterocycles. The van der Waals surface area contributed by atoms with E-state index in [2.05, 4.69) is 4.99 Å². The van der Waals surface area contributed by atoms with Gasteiger partial charge in [-0.1, -0.05) is 12.2 Å². The zero-order valence-corrected chi connectivity index (χ0v) is 6.89. The first-order valence-corrected chi connectivity index (χ1v) is 3.63. The van der Waals surface area contributed by atoms with Crippen molar-refractivity contribution in [2.24, 2.45) is 4.99 Å². The number of carboxylic acids is 1. The fourth-order valence-corrected chi connectivity index (χ4v) is 0.916. The molecule has 0 spiro atoms. The molecule has 3 nitrogen and oxygen atoms in total. The molecule has 1 atom stereocenters. The maximum Gasteiger partial charge on any atom is 0.336 e. The molecule has 1 unspecified atom stereocenters. The minimum absolute atomic E-state index is 0.0820. The van der Waals surface area contributed by atoms with Gasteiger partial charge in [-0.3, -0.25) is 0 Å². The van der Waals surface area contributed by atoms with Crippen molar-refractivity contribution >= 4 is 41.0 Å². The van der Waals surface area contributed by atoms with Gasteiger partial charge >= 0.3 is 5.97 Å². The molecule has 5 heteroatoms. The fourth-order valence-electron chi connectivity index (χ4n) is 0.603. The molecule has 0 aromatic carbocycles. The molecule has 0 aliphatic carbocycles. The molecule has 0 radical (unpaired) electrons. The van der Waals surface area contributed by atoms with Gasteiger partial charge in [-0.05, 0) is 6.08 Å². The molecule has 11 heavy (non-hydrogen) atoms. The number of rotatable bonds is 1. The van der Waals surface area contributed by atoms with Gasteiger partial charge in [-0.15, -0.1) is 11.6 Å². The van der Waals surface area contributed by atoms with Gasteiger partial charge in [0.05, 0.1) is 5.57 Å². The predicted molar refractivity (Wildman–Crippen MR) is 46.4 cm³/mol. The molecular weight excluding hydrogens is 186 g/mol. The highest BCUT2D eigenvalue weighted by Crippen LogP contribution is 2.10. The van der Waals surface area contributed by atoms with E-state index in [-0.39, 0.29) is 5.57 Å². The van der Waals surface area contributed by atoms with Gasteiger partial charge in [0.25, 0.3) is 0 Å². The van der Waals surface area contributed by atoms with Crippen molar-refractivity contribution in [3.8, 4) is 0 Å². The van der Waals surface area contributed by atoms with E-state index < -0.39 is 11.3 Å². The Kier molecular flexibility index (Phi) is 2.36. The minimum atomic E-state index is -1.04. The third kappa shape index (κ3) is 1.85. The van der Waals surface area contributed by atoms with Crippen LogP contribution in [0.5, 0.6) is 0 Å². The Morgan fingerprint density at radius 1 is 1.82 bits per heavy atom. The lowest BCUT2D eigenvalue weighted by molar-refractivity contribution is -0.132. The van der Waals surface area contributed by atoms with E-state index in [1.807, 2.05) is 0 Å². The number of carbonyl (C=O) groups is 1. The van der Waals surface area contributed by atoms with Crippen molar-refractivity contribution in [1.82, 2.24) is 0 Å². The molecule has 0 aromatic heterocycles. The number of hydrogen-bond acceptors (Lipinski definition) is 2. The number of aliphatic carboxylic acids is 1. The van der Waals surface area contributed by atoms with Gasteiger partial charge < -0.3 is 5.11 Å². The summed E-state index contributed by atoms with van der Waals surface area (Å²) in [4.78, 5) is 14.3. The van der Waals surface area contributed by atoms with Gasteiger partial charge in [0.15, 0.2) is 0 Å². The summed E-state index contributed by atoms with van der Waals surface area (Å²) in [6.07, 6.45) is 2.56. The zero-order valence-electron chi connectivity index (χ0n) is 5.32. The van der Waals surface area contributed by atoms with Crippen LogP contribution in [0.3, 0.4) is 0 Å². The Morgan fingerprint density at radius 3 is 2.91 bits per heavy atom. The number of alkyl halides is 1. The summed E-state index contributed by atoms with van der Waals surface area (Å²) in [5, 5.41) is 7.91. The van der Waals surface area contributed by atoms with Crippen LogP contribution in [-0.2, 0) is 4.79 Å². The Balaban J connectivity index is 2.88. The molecule has 1 N–H and O–H groups in total.